The Labute approximate surface area is 170 Å². The average molecular weight is 447 g/mol. The number of nitrogens with zero attached hydrogens (tertiary/aromatic N) is 3. The van der Waals surface area contributed by atoms with E-state index in [2.05, 4.69) is 25.9 Å². The van der Waals surface area contributed by atoms with Gasteiger partial charge in [-0.3, -0.25) is 9.59 Å². The van der Waals surface area contributed by atoms with Crippen molar-refractivity contribution in [2.75, 3.05) is 18.0 Å². The number of imide groups is 1. The SMILES string of the molecule is O=C1[C@@H]2[C@H](C(=O)N1c1cccc(Cl)c1)N1CCCN1[C@H]2c1ccc(Br)cc1. The molecule has 3 fully saturated rings. The molecule has 5 rings (SSSR count). The highest BCUT2D eigenvalue weighted by Gasteiger charge is 2.62. The summed E-state index contributed by atoms with van der Waals surface area (Å²) in [5, 5.41) is 4.82. The molecule has 2 aromatic carbocycles. The summed E-state index contributed by atoms with van der Waals surface area (Å²) in [7, 11) is 0. The molecule has 27 heavy (non-hydrogen) atoms. The number of amides is 2. The number of carbonyl (C=O) groups excluding carboxylic acids is 2. The molecule has 3 aliphatic heterocycles. The van der Waals surface area contributed by atoms with Gasteiger partial charge in [0, 0.05) is 22.6 Å². The minimum Gasteiger partial charge on any atom is -0.274 e. The number of rotatable bonds is 2. The third-order valence-corrected chi connectivity index (χ3v) is 6.45. The quantitative estimate of drug-likeness (QED) is 0.661. The van der Waals surface area contributed by atoms with Crippen LogP contribution < -0.4 is 4.90 Å². The van der Waals surface area contributed by atoms with Crippen LogP contribution in [0.3, 0.4) is 0 Å². The molecule has 2 aromatic rings. The summed E-state index contributed by atoms with van der Waals surface area (Å²) in [6.07, 6.45) is 0.995. The molecule has 138 valence electrons. The highest BCUT2D eigenvalue weighted by Crippen LogP contribution is 2.49. The van der Waals surface area contributed by atoms with E-state index in [1.807, 2.05) is 24.3 Å². The van der Waals surface area contributed by atoms with Crippen molar-refractivity contribution in [1.82, 2.24) is 10.0 Å². The number of fused-ring (bicyclic) bond motifs is 3. The van der Waals surface area contributed by atoms with E-state index in [1.54, 1.807) is 24.3 Å². The summed E-state index contributed by atoms with van der Waals surface area (Å²) in [6.45, 7) is 1.67. The van der Waals surface area contributed by atoms with E-state index in [-0.39, 0.29) is 17.9 Å². The van der Waals surface area contributed by atoms with Crippen molar-refractivity contribution in [2.24, 2.45) is 5.92 Å². The van der Waals surface area contributed by atoms with Gasteiger partial charge in [-0.25, -0.2) is 14.9 Å². The minimum absolute atomic E-state index is 0.119. The predicted molar refractivity (Wildman–Crippen MR) is 106 cm³/mol. The smallest absolute Gasteiger partial charge is 0.253 e. The van der Waals surface area contributed by atoms with Crippen LogP contribution in [0.4, 0.5) is 5.69 Å². The summed E-state index contributed by atoms with van der Waals surface area (Å²) in [5.41, 5.74) is 1.61. The van der Waals surface area contributed by atoms with Crippen LogP contribution in [0, 0.1) is 5.92 Å². The zero-order valence-corrected chi connectivity index (χ0v) is 16.7. The summed E-state index contributed by atoms with van der Waals surface area (Å²) < 4.78 is 0.994. The fourth-order valence-corrected chi connectivity index (χ4v) is 5.09. The Morgan fingerprint density at radius 1 is 0.926 bits per heavy atom. The zero-order valence-electron chi connectivity index (χ0n) is 14.4. The van der Waals surface area contributed by atoms with Gasteiger partial charge in [-0.2, -0.15) is 0 Å². The molecular formula is C20H17BrClN3O2. The van der Waals surface area contributed by atoms with Crippen molar-refractivity contribution in [2.45, 2.75) is 18.5 Å². The molecular weight excluding hydrogens is 430 g/mol. The van der Waals surface area contributed by atoms with Crippen LogP contribution in [0.5, 0.6) is 0 Å². The molecule has 7 heteroatoms. The minimum atomic E-state index is -0.437. The molecule has 0 unspecified atom stereocenters. The molecule has 0 saturated carbocycles. The molecule has 0 spiro atoms. The summed E-state index contributed by atoms with van der Waals surface area (Å²) in [6, 6.07) is 14.4. The number of anilines is 1. The van der Waals surface area contributed by atoms with Crippen molar-refractivity contribution < 1.29 is 9.59 Å². The molecule has 3 heterocycles. The van der Waals surface area contributed by atoms with Gasteiger partial charge in [0.1, 0.15) is 6.04 Å². The second-order valence-corrected chi connectivity index (χ2v) is 8.49. The Bertz CT molecular complexity index is 935. The van der Waals surface area contributed by atoms with Crippen LogP contribution in [0.2, 0.25) is 5.02 Å². The van der Waals surface area contributed by atoms with Gasteiger partial charge in [0.2, 0.25) is 5.91 Å². The Morgan fingerprint density at radius 2 is 1.63 bits per heavy atom. The standard InChI is InChI=1S/C20H17BrClN3O2/c21-13-7-5-12(6-8-13)17-16-18(24-10-2-9-23(17)24)20(27)25(19(16)26)15-4-1-3-14(22)11-15/h1,3-8,11,16-18H,2,9-10H2/t16-,17-,18+/m0/s1. The number of hydrogen-bond donors (Lipinski definition) is 0. The van der Waals surface area contributed by atoms with Crippen molar-refractivity contribution >= 4 is 45.0 Å². The highest BCUT2D eigenvalue weighted by molar-refractivity contribution is 9.10. The summed E-state index contributed by atoms with van der Waals surface area (Å²) >= 11 is 9.56. The first kappa shape index (κ1) is 17.4. The normalized spacial score (nSPS) is 28.1. The molecule has 0 aromatic heterocycles. The van der Waals surface area contributed by atoms with E-state index in [0.717, 1.165) is 29.5 Å². The van der Waals surface area contributed by atoms with E-state index in [4.69, 9.17) is 11.6 Å². The summed E-state index contributed by atoms with van der Waals surface area (Å²) in [5.74, 6) is -0.702. The number of halogens is 2. The number of benzene rings is 2. The van der Waals surface area contributed by atoms with Crippen LogP contribution >= 0.6 is 27.5 Å². The third-order valence-electron chi connectivity index (χ3n) is 5.68. The average Bonchev–Trinajstić information content (AvgIpc) is 3.28. The second-order valence-electron chi connectivity index (χ2n) is 7.14. The Balaban J connectivity index is 1.59. The first-order chi connectivity index (χ1) is 13.1. The zero-order chi connectivity index (χ0) is 18.7. The van der Waals surface area contributed by atoms with Gasteiger partial charge in [0.25, 0.3) is 5.91 Å². The molecule has 2 amide bonds. The van der Waals surface area contributed by atoms with E-state index in [1.165, 1.54) is 4.90 Å². The largest absolute Gasteiger partial charge is 0.274 e. The molecule has 3 saturated heterocycles. The van der Waals surface area contributed by atoms with Crippen LogP contribution in [0.15, 0.2) is 53.0 Å². The van der Waals surface area contributed by atoms with Gasteiger partial charge in [-0.15, -0.1) is 0 Å². The molecule has 5 nitrogen and oxygen atoms in total. The lowest BCUT2D eigenvalue weighted by Gasteiger charge is -2.29. The van der Waals surface area contributed by atoms with Gasteiger partial charge >= 0.3 is 0 Å². The maximum absolute atomic E-state index is 13.4. The lowest BCUT2D eigenvalue weighted by Crippen LogP contribution is -2.44. The second kappa shape index (κ2) is 6.41. The highest BCUT2D eigenvalue weighted by atomic mass is 79.9. The molecule has 3 aliphatic rings. The van der Waals surface area contributed by atoms with Gasteiger partial charge in [0.15, 0.2) is 0 Å². The van der Waals surface area contributed by atoms with Gasteiger partial charge in [-0.1, -0.05) is 45.7 Å². The van der Waals surface area contributed by atoms with E-state index in [0.29, 0.717) is 10.7 Å². The van der Waals surface area contributed by atoms with Crippen molar-refractivity contribution in [3.8, 4) is 0 Å². The van der Waals surface area contributed by atoms with Crippen LogP contribution in [0.25, 0.3) is 0 Å². The van der Waals surface area contributed by atoms with Crippen molar-refractivity contribution in [3.05, 3.63) is 63.6 Å². The fraction of sp³-hybridized carbons (Fsp3) is 0.300. The molecule has 3 atom stereocenters. The monoisotopic (exact) mass is 445 g/mol. The van der Waals surface area contributed by atoms with Crippen molar-refractivity contribution in [1.29, 1.82) is 0 Å². The van der Waals surface area contributed by atoms with Crippen molar-refractivity contribution in [3.63, 3.8) is 0 Å². The van der Waals surface area contributed by atoms with Gasteiger partial charge in [-0.05, 0) is 42.3 Å². The maximum atomic E-state index is 13.4. The van der Waals surface area contributed by atoms with E-state index >= 15 is 0 Å². The number of hydrogen-bond acceptors (Lipinski definition) is 4. The molecule has 0 radical (unpaired) electrons. The first-order valence-corrected chi connectivity index (χ1v) is 10.2. The molecule has 0 bridgehead atoms. The fourth-order valence-electron chi connectivity index (χ4n) is 4.64. The lowest BCUT2D eigenvalue weighted by molar-refractivity contribution is -0.126. The molecule has 0 N–H and O–H groups in total. The summed E-state index contributed by atoms with van der Waals surface area (Å²) in [4.78, 5) is 28.0. The van der Waals surface area contributed by atoms with Crippen LogP contribution in [-0.4, -0.2) is 41.0 Å². The maximum Gasteiger partial charge on any atom is 0.253 e. The first-order valence-electron chi connectivity index (χ1n) is 8.98. The Hall–Kier alpha value is -1.73. The van der Waals surface area contributed by atoms with E-state index < -0.39 is 12.0 Å². The molecule has 0 aliphatic carbocycles. The van der Waals surface area contributed by atoms with Crippen LogP contribution in [-0.2, 0) is 9.59 Å². The number of hydrazine groups is 1. The number of carbonyl (C=O) groups is 2. The topological polar surface area (TPSA) is 43.9 Å². The third kappa shape index (κ3) is 2.58. The lowest BCUT2D eigenvalue weighted by atomic mass is 9.90. The van der Waals surface area contributed by atoms with E-state index in [9.17, 15) is 9.59 Å². The predicted octanol–water partition coefficient (Wildman–Crippen LogP) is 3.64. The van der Waals surface area contributed by atoms with Crippen LogP contribution in [0.1, 0.15) is 18.0 Å². The van der Waals surface area contributed by atoms with Gasteiger partial charge in [0.05, 0.1) is 17.6 Å². The van der Waals surface area contributed by atoms with Gasteiger partial charge < -0.3 is 0 Å². The Kier molecular flexibility index (Phi) is 4.13. The Morgan fingerprint density at radius 3 is 2.33 bits per heavy atom.